The van der Waals surface area contributed by atoms with Crippen LogP contribution in [0.2, 0.25) is 0 Å². The second-order valence-electron chi connectivity index (χ2n) is 4.26. The Balaban J connectivity index is 2.61. The van der Waals surface area contributed by atoms with Crippen LogP contribution in [-0.4, -0.2) is 11.3 Å². The molecule has 0 unspecified atom stereocenters. The second kappa shape index (κ2) is 3.46. The number of benzene rings is 1. The molecule has 76 valence electrons. The van der Waals surface area contributed by atoms with Gasteiger partial charge in [-0.25, -0.2) is 0 Å². The number of hydrogen-bond acceptors (Lipinski definition) is 2. The first-order valence-electron chi connectivity index (χ1n) is 4.95. The second-order valence-corrected chi connectivity index (χ2v) is 4.26. The summed E-state index contributed by atoms with van der Waals surface area (Å²) >= 11 is 0. The quantitative estimate of drug-likeness (QED) is 0.696. The van der Waals surface area contributed by atoms with Gasteiger partial charge in [-0.05, 0) is 31.5 Å². The van der Waals surface area contributed by atoms with Crippen LogP contribution in [0.25, 0.3) is 10.9 Å². The SMILES string of the molecule is CC(C)(C=O)c1cnc2ccccc2c1. The maximum Gasteiger partial charge on any atom is 0.130 e. The first kappa shape index (κ1) is 9.84. The molecule has 0 bridgehead atoms. The van der Waals surface area contributed by atoms with Crippen molar-refractivity contribution in [2.24, 2.45) is 0 Å². The van der Waals surface area contributed by atoms with Gasteiger partial charge in [0.2, 0.25) is 0 Å². The van der Waals surface area contributed by atoms with Crippen molar-refractivity contribution in [1.29, 1.82) is 0 Å². The highest BCUT2D eigenvalue weighted by molar-refractivity contribution is 5.80. The van der Waals surface area contributed by atoms with Gasteiger partial charge in [-0.2, -0.15) is 0 Å². The molecule has 2 nitrogen and oxygen atoms in total. The maximum atomic E-state index is 10.9. The van der Waals surface area contributed by atoms with E-state index in [1.807, 2.05) is 44.2 Å². The molecular weight excluding hydrogens is 186 g/mol. The third-order valence-corrected chi connectivity index (χ3v) is 2.63. The standard InChI is InChI=1S/C13H13NO/c1-13(2,9-15)11-7-10-5-3-4-6-12(10)14-8-11/h3-9H,1-2H3. The van der Waals surface area contributed by atoms with Crippen molar-refractivity contribution in [3.8, 4) is 0 Å². The van der Waals surface area contributed by atoms with Gasteiger partial charge >= 0.3 is 0 Å². The number of fused-ring (bicyclic) bond motifs is 1. The van der Waals surface area contributed by atoms with E-state index in [0.29, 0.717) is 0 Å². The zero-order valence-electron chi connectivity index (χ0n) is 8.90. The third kappa shape index (κ3) is 1.75. The van der Waals surface area contributed by atoms with Crippen molar-refractivity contribution < 1.29 is 4.79 Å². The first-order chi connectivity index (χ1) is 7.13. The maximum absolute atomic E-state index is 10.9. The molecule has 0 fully saturated rings. The van der Waals surface area contributed by atoms with Crippen LogP contribution in [0.5, 0.6) is 0 Å². The number of para-hydroxylation sites is 1. The van der Waals surface area contributed by atoms with Gasteiger partial charge in [0.1, 0.15) is 6.29 Å². The number of hydrogen-bond donors (Lipinski definition) is 0. The Morgan fingerprint density at radius 1 is 1.27 bits per heavy atom. The van der Waals surface area contributed by atoms with Gasteiger partial charge in [-0.3, -0.25) is 4.98 Å². The van der Waals surface area contributed by atoms with Crippen LogP contribution < -0.4 is 0 Å². The van der Waals surface area contributed by atoms with Crippen LogP contribution in [0.4, 0.5) is 0 Å². The summed E-state index contributed by atoms with van der Waals surface area (Å²) in [6, 6.07) is 9.93. The topological polar surface area (TPSA) is 30.0 Å². The van der Waals surface area contributed by atoms with E-state index >= 15 is 0 Å². The Morgan fingerprint density at radius 3 is 2.73 bits per heavy atom. The van der Waals surface area contributed by atoms with E-state index in [2.05, 4.69) is 4.98 Å². The fraction of sp³-hybridized carbons (Fsp3) is 0.231. The molecule has 1 aromatic heterocycles. The molecule has 0 N–H and O–H groups in total. The summed E-state index contributed by atoms with van der Waals surface area (Å²) in [7, 11) is 0. The third-order valence-electron chi connectivity index (χ3n) is 2.63. The van der Waals surface area contributed by atoms with Crippen molar-refractivity contribution >= 4 is 17.2 Å². The van der Waals surface area contributed by atoms with Crippen molar-refractivity contribution in [2.75, 3.05) is 0 Å². The van der Waals surface area contributed by atoms with Crippen LogP contribution in [0.1, 0.15) is 19.4 Å². The minimum Gasteiger partial charge on any atom is -0.302 e. The van der Waals surface area contributed by atoms with Crippen molar-refractivity contribution in [3.63, 3.8) is 0 Å². The normalized spacial score (nSPS) is 11.6. The van der Waals surface area contributed by atoms with Crippen molar-refractivity contribution in [2.45, 2.75) is 19.3 Å². The van der Waals surface area contributed by atoms with E-state index < -0.39 is 5.41 Å². The number of aldehydes is 1. The highest BCUT2D eigenvalue weighted by Gasteiger charge is 2.19. The lowest BCUT2D eigenvalue weighted by Gasteiger charge is -2.17. The summed E-state index contributed by atoms with van der Waals surface area (Å²) in [5.74, 6) is 0. The van der Waals surface area contributed by atoms with Gasteiger partial charge in [0.15, 0.2) is 0 Å². The van der Waals surface area contributed by atoms with Crippen LogP contribution in [0.15, 0.2) is 36.5 Å². The van der Waals surface area contributed by atoms with Gasteiger partial charge < -0.3 is 4.79 Å². The molecule has 0 spiro atoms. The van der Waals surface area contributed by atoms with Gasteiger partial charge in [0.05, 0.1) is 5.52 Å². The summed E-state index contributed by atoms with van der Waals surface area (Å²) < 4.78 is 0. The minimum atomic E-state index is -0.461. The molecule has 0 aliphatic heterocycles. The van der Waals surface area contributed by atoms with Gasteiger partial charge in [0, 0.05) is 17.0 Å². The first-order valence-corrected chi connectivity index (χ1v) is 4.95. The fourth-order valence-electron chi connectivity index (χ4n) is 1.49. The molecular formula is C13H13NO. The smallest absolute Gasteiger partial charge is 0.130 e. The van der Waals surface area contributed by atoms with Crippen molar-refractivity contribution in [1.82, 2.24) is 4.98 Å². The monoisotopic (exact) mass is 199 g/mol. The lowest BCUT2D eigenvalue weighted by atomic mass is 9.87. The molecule has 0 atom stereocenters. The molecule has 0 saturated heterocycles. The Hall–Kier alpha value is -1.70. The molecule has 1 aromatic carbocycles. The largest absolute Gasteiger partial charge is 0.302 e. The molecule has 0 aliphatic carbocycles. The minimum absolute atomic E-state index is 0.461. The number of carbonyl (C=O) groups excluding carboxylic acids is 1. The zero-order valence-corrected chi connectivity index (χ0v) is 8.90. The molecule has 0 radical (unpaired) electrons. The number of rotatable bonds is 2. The zero-order chi connectivity index (χ0) is 10.9. The number of pyridine rings is 1. The summed E-state index contributed by atoms with van der Waals surface area (Å²) in [5, 5.41) is 1.07. The predicted molar refractivity (Wildman–Crippen MR) is 60.8 cm³/mol. The Bertz CT molecular complexity index is 503. The molecule has 1 heterocycles. The fourth-order valence-corrected chi connectivity index (χ4v) is 1.49. The highest BCUT2D eigenvalue weighted by atomic mass is 16.1. The van der Waals surface area contributed by atoms with Gasteiger partial charge in [-0.1, -0.05) is 18.2 Å². The van der Waals surface area contributed by atoms with E-state index in [-0.39, 0.29) is 0 Å². The summed E-state index contributed by atoms with van der Waals surface area (Å²) in [6.07, 6.45) is 2.73. The summed E-state index contributed by atoms with van der Waals surface area (Å²) in [4.78, 5) is 15.3. The predicted octanol–water partition coefficient (Wildman–Crippen LogP) is 2.71. The number of carbonyl (C=O) groups is 1. The van der Waals surface area contributed by atoms with Crippen LogP contribution in [0, 0.1) is 0 Å². The van der Waals surface area contributed by atoms with Crippen LogP contribution >= 0.6 is 0 Å². The highest BCUT2D eigenvalue weighted by Crippen LogP contribution is 2.23. The molecule has 2 heteroatoms. The molecule has 0 saturated carbocycles. The average molecular weight is 199 g/mol. The van der Waals surface area contributed by atoms with E-state index in [9.17, 15) is 4.79 Å². The summed E-state index contributed by atoms with van der Waals surface area (Å²) in [5.41, 5.74) is 1.45. The lowest BCUT2D eigenvalue weighted by molar-refractivity contribution is -0.111. The lowest BCUT2D eigenvalue weighted by Crippen LogP contribution is -2.18. The van der Waals surface area contributed by atoms with Gasteiger partial charge in [-0.15, -0.1) is 0 Å². The van der Waals surface area contributed by atoms with E-state index in [4.69, 9.17) is 0 Å². The van der Waals surface area contributed by atoms with Crippen LogP contribution in [-0.2, 0) is 10.2 Å². The van der Waals surface area contributed by atoms with Crippen LogP contribution in [0.3, 0.4) is 0 Å². The van der Waals surface area contributed by atoms with Gasteiger partial charge in [0.25, 0.3) is 0 Å². The molecule has 2 rings (SSSR count). The molecule has 15 heavy (non-hydrogen) atoms. The molecule has 0 amide bonds. The Kier molecular flexibility index (Phi) is 2.27. The molecule has 0 aliphatic rings. The Labute approximate surface area is 89.0 Å². The Morgan fingerprint density at radius 2 is 2.00 bits per heavy atom. The number of nitrogens with zero attached hydrogens (tertiary/aromatic N) is 1. The van der Waals surface area contributed by atoms with E-state index in [1.54, 1.807) is 6.20 Å². The van der Waals surface area contributed by atoms with E-state index in [0.717, 1.165) is 22.8 Å². The number of aromatic nitrogens is 1. The van der Waals surface area contributed by atoms with Crippen molar-refractivity contribution in [3.05, 3.63) is 42.1 Å². The average Bonchev–Trinajstić information content (AvgIpc) is 2.28. The molecule has 2 aromatic rings. The summed E-state index contributed by atoms with van der Waals surface area (Å²) in [6.45, 7) is 3.79. The van der Waals surface area contributed by atoms with E-state index in [1.165, 1.54) is 0 Å².